The number of phenolic OH excluding ortho intramolecular Hbond substituents is 1. The van der Waals surface area contributed by atoms with E-state index in [1.165, 1.54) is 0 Å². The number of ether oxygens (including phenoxy) is 6. The number of ketones is 1. The normalized spacial score (nSPS) is 18.2. The van der Waals surface area contributed by atoms with Crippen LogP contribution in [0.25, 0.3) is 5.57 Å². The van der Waals surface area contributed by atoms with E-state index in [9.17, 15) is 24.8 Å². The van der Waals surface area contributed by atoms with Crippen molar-refractivity contribution in [2.45, 2.75) is 77.8 Å². The Morgan fingerprint density at radius 1 is 0.667 bits per heavy atom. The summed E-state index contributed by atoms with van der Waals surface area (Å²) in [6.07, 6.45) is 5.37. The second-order valence-corrected chi connectivity index (χ2v) is 15.9. The largest absolute Gasteiger partial charge is 0.507 e. The van der Waals surface area contributed by atoms with Crippen LogP contribution in [0.5, 0.6) is 5.75 Å². The van der Waals surface area contributed by atoms with E-state index in [-0.39, 0.29) is 59.2 Å². The fourth-order valence-electron chi connectivity index (χ4n) is 7.79. The third-order valence-electron chi connectivity index (χ3n) is 11.4. The van der Waals surface area contributed by atoms with Gasteiger partial charge in [0.1, 0.15) is 17.4 Å². The number of nitrogens with zero attached hydrogens (tertiary/aromatic N) is 2. The third-order valence-corrected chi connectivity index (χ3v) is 11.4. The highest BCUT2D eigenvalue weighted by molar-refractivity contribution is 6.15. The Labute approximate surface area is 370 Å². The standard InChI is InChI=1S/C51H58N2O10/c1-3-53(4-2)39-27-28-42(44(54)31-39)48(55)40-23-14-15-24-41(40)49(56)58-30-18-16-26-46-62-35-51(36-63-46)33-60-45(61-34-51)25-13-5-6-17-29-59-50(57)43(32-52)47(37-19-9-7-10-20-37)38-21-11-8-12-22-38/h7-12,14-15,19-24,27-28,31,45-46,54H,3-6,13,16-18,25-26,29-30,33-36H2,1-2H3. The molecule has 0 bridgehead atoms. The summed E-state index contributed by atoms with van der Waals surface area (Å²) in [7, 11) is 0. The van der Waals surface area contributed by atoms with Crippen LogP contribution in [0.2, 0.25) is 0 Å². The smallest absolute Gasteiger partial charge is 0.349 e. The Kier molecular flexibility index (Phi) is 17.4. The minimum Gasteiger partial charge on any atom is -0.507 e. The van der Waals surface area contributed by atoms with Gasteiger partial charge in [0, 0.05) is 36.0 Å². The van der Waals surface area contributed by atoms with Gasteiger partial charge in [0.05, 0.1) is 56.2 Å². The molecule has 0 atom stereocenters. The first kappa shape index (κ1) is 46.7. The summed E-state index contributed by atoms with van der Waals surface area (Å²) in [5, 5.41) is 20.7. The number of rotatable bonds is 21. The van der Waals surface area contributed by atoms with Crippen LogP contribution < -0.4 is 4.90 Å². The zero-order valence-electron chi connectivity index (χ0n) is 36.3. The van der Waals surface area contributed by atoms with E-state index in [1.807, 2.05) is 74.5 Å². The van der Waals surface area contributed by atoms with Gasteiger partial charge in [-0.1, -0.05) is 91.7 Å². The Morgan fingerprint density at radius 2 is 1.17 bits per heavy atom. The van der Waals surface area contributed by atoms with Crippen LogP contribution in [-0.4, -0.2) is 88.1 Å². The molecule has 0 radical (unpaired) electrons. The number of anilines is 1. The molecule has 12 nitrogen and oxygen atoms in total. The molecule has 12 heteroatoms. The van der Waals surface area contributed by atoms with Crippen molar-refractivity contribution >= 4 is 29.0 Å². The van der Waals surface area contributed by atoms with Crippen molar-refractivity contribution in [3.05, 3.63) is 137 Å². The Morgan fingerprint density at radius 3 is 1.73 bits per heavy atom. The van der Waals surface area contributed by atoms with Gasteiger partial charge in [0.2, 0.25) is 0 Å². The highest BCUT2D eigenvalue weighted by Crippen LogP contribution is 2.33. The zero-order chi connectivity index (χ0) is 44.4. The number of carbonyl (C=O) groups is 3. The van der Waals surface area contributed by atoms with E-state index in [2.05, 4.69) is 11.0 Å². The van der Waals surface area contributed by atoms with Gasteiger partial charge in [-0.05, 0) is 81.7 Å². The fraction of sp³-hybridized carbons (Fsp3) is 0.412. The van der Waals surface area contributed by atoms with Crippen LogP contribution in [-0.2, 0) is 33.2 Å². The molecule has 0 saturated carbocycles. The van der Waals surface area contributed by atoms with Gasteiger partial charge >= 0.3 is 11.9 Å². The molecular formula is C51H58N2O10. The number of nitriles is 1. The predicted molar refractivity (Wildman–Crippen MR) is 238 cm³/mol. The van der Waals surface area contributed by atoms with Crippen LogP contribution >= 0.6 is 0 Å². The van der Waals surface area contributed by atoms with Crippen LogP contribution in [0.15, 0.2) is 109 Å². The first-order valence-electron chi connectivity index (χ1n) is 22.0. The first-order chi connectivity index (χ1) is 30.8. The highest BCUT2D eigenvalue weighted by atomic mass is 16.7. The fourth-order valence-corrected chi connectivity index (χ4v) is 7.79. The van der Waals surface area contributed by atoms with Crippen LogP contribution in [0.1, 0.15) is 103 Å². The number of unbranched alkanes of at least 4 members (excludes halogenated alkanes) is 4. The molecule has 0 aliphatic carbocycles. The molecule has 4 aromatic carbocycles. The number of aromatic hydroxyl groups is 1. The summed E-state index contributed by atoms with van der Waals surface area (Å²) in [6, 6.07) is 32.4. The van der Waals surface area contributed by atoms with Crippen molar-refractivity contribution in [3.63, 3.8) is 0 Å². The average molecular weight is 859 g/mol. The van der Waals surface area contributed by atoms with Gasteiger partial charge in [-0.2, -0.15) is 5.26 Å². The average Bonchev–Trinajstić information content (AvgIpc) is 3.32. The summed E-state index contributed by atoms with van der Waals surface area (Å²) < 4.78 is 35.4. The third kappa shape index (κ3) is 12.6. The maximum Gasteiger partial charge on any atom is 0.349 e. The second-order valence-electron chi connectivity index (χ2n) is 15.9. The summed E-state index contributed by atoms with van der Waals surface area (Å²) >= 11 is 0. The van der Waals surface area contributed by atoms with Crippen molar-refractivity contribution in [2.75, 3.05) is 57.6 Å². The summed E-state index contributed by atoms with van der Waals surface area (Å²) in [5.41, 5.74) is 3.00. The highest BCUT2D eigenvalue weighted by Gasteiger charge is 2.41. The molecule has 6 rings (SSSR count). The SMILES string of the molecule is CCN(CC)c1ccc(C(=O)c2ccccc2C(=O)OCCCCC2OCC3(COC(CCCCCCOC(=O)C(C#N)=C(c4ccccc4)c4ccccc4)OC3)CO2)c(O)c1. The zero-order valence-corrected chi connectivity index (χ0v) is 36.3. The van der Waals surface area contributed by atoms with E-state index in [0.717, 1.165) is 55.6 Å². The Balaban J connectivity index is 0.833. The van der Waals surface area contributed by atoms with Crippen LogP contribution in [0, 0.1) is 16.7 Å². The van der Waals surface area contributed by atoms with Crippen molar-refractivity contribution in [2.24, 2.45) is 5.41 Å². The molecule has 1 spiro atoms. The van der Waals surface area contributed by atoms with Crippen molar-refractivity contribution in [3.8, 4) is 11.8 Å². The van der Waals surface area contributed by atoms with Crippen molar-refractivity contribution in [1.82, 2.24) is 0 Å². The minimum absolute atomic E-state index is 0.0101. The number of hydrogen-bond acceptors (Lipinski definition) is 12. The lowest BCUT2D eigenvalue weighted by molar-refractivity contribution is -0.304. The van der Waals surface area contributed by atoms with Gasteiger partial charge in [-0.3, -0.25) is 4.79 Å². The molecule has 2 heterocycles. The molecule has 63 heavy (non-hydrogen) atoms. The monoisotopic (exact) mass is 858 g/mol. The quantitative estimate of drug-likeness (QED) is 0.0280. The number of hydrogen-bond donors (Lipinski definition) is 1. The van der Waals surface area contributed by atoms with Gasteiger partial charge in [-0.15, -0.1) is 0 Å². The van der Waals surface area contributed by atoms with E-state index in [4.69, 9.17) is 28.4 Å². The predicted octanol–water partition coefficient (Wildman–Crippen LogP) is 9.05. The maximum atomic E-state index is 13.4. The maximum absolute atomic E-state index is 13.4. The van der Waals surface area contributed by atoms with Crippen LogP contribution in [0.3, 0.4) is 0 Å². The molecule has 0 aromatic heterocycles. The van der Waals surface area contributed by atoms with Crippen molar-refractivity contribution < 1.29 is 47.9 Å². The minimum atomic E-state index is -0.621. The molecule has 1 N–H and O–H groups in total. The second kappa shape index (κ2) is 23.6. The number of carbonyl (C=O) groups excluding carboxylic acids is 3. The molecule has 2 aliphatic heterocycles. The molecular weight excluding hydrogens is 801 g/mol. The lowest BCUT2D eigenvalue weighted by atomic mass is 9.90. The molecule has 2 saturated heterocycles. The number of phenols is 1. The van der Waals surface area contributed by atoms with Gasteiger partial charge < -0.3 is 38.4 Å². The first-order valence-corrected chi connectivity index (χ1v) is 22.0. The Hall–Kier alpha value is -5.84. The van der Waals surface area contributed by atoms with Gasteiger partial charge in [-0.25, -0.2) is 9.59 Å². The van der Waals surface area contributed by atoms with E-state index in [0.29, 0.717) is 57.7 Å². The van der Waals surface area contributed by atoms with E-state index in [1.54, 1.807) is 42.5 Å². The molecule has 0 amide bonds. The van der Waals surface area contributed by atoms with E-state index < -0.39 is 17.7 Å². The molecule has 2 fully saturated rings. The lowest BCUT2D eigenvalue weighted by Crippen LogP contribution is -2.52. The summed E-state index contributed by atoms with van der Waals surface area (Å²) in [5.74, 6) is -1.81. The van der Waals surface area contributed by atoms with Crippen LogP contribution in [0.4, 0.5) is 5.69 Å². The van der Waals surface area contributed by atoms with Gasteiger partial charge in [0.15, 0.2) is 18.4 Å². The summed E-state index contributed by atoms with van der Waals surface area (Å²) in [4.78, 5) is 41.6. The number of benzene rings is 4. The molecule has 4 aromatic rings. The molecule has 332 valence electrons. The number of esters is 2. The Bertz CT molecular complexity index is 2140. The van der Waals surface area contributed by atoms with Gasteiger partial charge in [0.25, 0.3) is 0 Å². The topological polar surface area (TPSA) is 154 Å². The van der Waals surface area contributed by atoms with E-state index >= 15 is 0 Å². The summed E-state index contributed by atoms with van der Waals surface area (Å²) in [6.45, 7) is 7.83. The molecule has 0 unspecified atom stereocenters. The molecule has 2 aliphatic rings. The lowest BCUT2D eigenvalue weighted by Gasteiger charge is -2.43. The van der Waals surface area contributed by atoms with Crippen molar-refractivity contribution in [1.29, 1.82) is 5.26 Å².